The zero-order valence-corrected chi connectivity index (χ0v) is 13.5. The molecule has 0 aromatic carbocycles. The Balaban J connectivity index is 1.83. The molecule has 0 saturated carbocycles. The summed E-state index contributed by atoms with van der Waals surface area (Å²) in [5, 5.41) is 6.61. The number of hydrogen-bond acceptors (Lipinski definition) is 6. The Morgan fingerprint density at radius 2 is 2.04 bits per heavy atom. The summed E-state index contributed by atoms with van der Waals surface area (Å²) >= 11 is 0. The highest BCUT2D eigenvalue weighted by molar-refractivity contribution is 6.38. The van der Waals surface area contributed by atoms with Crippen molar-refractivity contribution in [3.05, 3.63) is 66.6 Å². The molecule has 3 rings (SSSR count). The maximum absolute atomic E-state index is 12.6. The Morgan fingerprint density at radius 3 is 2.69 bits per heavy atom. The Kier molecular flexibility index (Phi) is 4.88. The van der Waals surface area contributed by atoms with Gasteiger partial charge in [-0.3, -0.25) is 19.4 Å². The van der Waals surface area contributed by atoms with Gasteiger partial charge >= 0.3 is 0 Å². The van der Waals surface area contributed by atoms with E-state index >= 15 is 0 Å². The van der Waals surface area contributed by atoms with Crippen molar-refractivity contribution in [3.63, 3.8) is 0 Å². The van der Waals surface area contributed by atoms with Crippen LogP contribution in [0.25, 0.3) is 5.69 Å². The number of nitrogens with two attached hydrogens (primary N) is 1. The zero-order valence-electron chi connectivity index (χ0n) is 13.5. The smallest absolute Gasteiger partial charge is 0.287 e. The number of ketones is 1. The van der Waals surface area contributed by atoms with Gasteiger partial charge in [-0.1, -0.05) is 0 Å². The van der Waals surface area contributed by atoms with Gasteiger partial charge in [0.2, 0.25) is 5.78 Å². The third kappa shape index (κ3) is 3.66. The van der Waals surface area contributed by atoms with Crippen LogP contribution < -0.4 is 11.1 Å². The van der Waals surface area contributed by atoms with Gasteiger partial charge in [-0.2, -0.15) is 5.10 Å². The van der Waals surface area contributed by atoms with Crippen LogP contribution in [0.15, 0.2) is 59.6 Å². The van der Waals surface area contributed by atoms with Crippen molar-refractivity contribution in [1.29, 1.82) is 0 Å². The van der Waals surface area contributed by atoms with Crippen LogP contribution in [0.5, 0.6) is 0 Å². The molecule has 3 aromatic rings. The molecule has 1 unspecified atom stereocenters. The molecular formula is C17H15N5O4. The monoisotopic (exact) mass is 353 g/mol. The number of nitrogens with zero attached hydrogens (tertiary/aromatic N) is 3. The molecule has 0 radical (unpaired) electrons. The van der Waals surface area contributed by atoms with Gasteiger partial charge in [-0.15, -0.1) is 0 Å². The summed E-state index contributed by atoms with van der Waals surface area (Å²) in [5.41, 5.74) is 5.84. The van der Waals surface area contributed by atoms with Crippen molar-refractivity contribution >= 4 is 17.6 Å². The summed E-state index contributed by atoms with van der Waals surface area (Å²) in [4.78, 5) is 40.0. The number of carbonyl (C=O) groups excluding carboxylic acids is 3. The van der Waals surface area contributed by atoms with Crippen molar-refractivity contribution < 1.29 is 18.8 Å². The standard InChI is InChI=1S/C17H15N5O4/c18-16(24)15(23)13(9-12-4-2-8-26-12)21-17(25)14-5-7-20-22(14)11-3-1-6-19-10-11/h1-8,10,13H,9H2,(H2,18,24)(H,21,25). The van der Waals surface area contributed by atoms with Crippen LogP contribution in [0, 0.1) is 0 Å². The van der Waals surface area contributed by atoms with E-state index in [4.69, 9.17) is 10.2 Å². The predicted molar refractivity (Wildman–Crippen MR) is 89.2 cm³/mol. The number of pyridine rings is 1. The minimum absolute atomic E-state index is 0.00153. The van der Waals surface area contributed by atoms with Crippen molar-refractivity contribution in [2.24, 2.45) is 5.73 Å². The largest absolute Gasteiger partial charge is 0.469 e. The van der Waals surface area contributed by atoms with E-state index in [2.05, 4.69) is 15.4 Å². The maximum atomic E-state index is 12.6. The number of rotatable bonds is 7. The van der Waals surface area contributed by atoms with E-state index < -0.39 is 23.6 Å². The third-order valence-corrected chi connectivity index (χ3v) is 3.62. The van der Waals surface area contributed by atoms with Gasteiger partial charge in [0, 0.05) is 12.6 Å². The van der Waals surface area contributed by atoms with Gasteiger partial charge in [-0.25, -0.2) is 4.68 Å². The summed E-state index contributed by atoms with van der Waals surface area (Å²) < 4.78 is 6.55. The number of aromatic nitrogens is 3. The van der Waals surface area contributed by atoms with Crippen LogP contribution in [0.4, 0.5) is 0 Å². The van der Waals surface area contributed by atoms with Crippen molar-refractivity contribution in [1.82, 2.24) is 20.1 Å². The van der Waals surface area contributed by atoms with Gasteiger partial charge in [0.15, 0.2) is 0 Å². The number of furan rings is 1. The van der Waals surface area contributed by atoms with Gasteiger partial charge in [0.25, 0.3) is 11.8 Å². The molecule has 0 fully saturated rings. The highest BCUT2D eigenvalue weighted by atomic mass is 16.3. The normalized spacial score (nSPS) is 11.7. The van der Waals surface area contributed by atoms with Crippen LogP contribution in [-0.4, -0.2) is 38.4 Å². The van der Waals surface area contributed by atoms with Crippen LogP contribution >= 0.6 is 0 Å². The number of Topliss-reactive ketones (excluding diaryl/α,β-unsaturated/α-hetero) is 1. The molecule has 1 atom stereocenters. The van der Waals surface area contributed by atoms with Crippen molar-refractivity contribution in [2.75, 3.05) is 0 Å². The second kappa shape index (κ2) is 7.43. The first-order chi connectivity index (χ1) is 12.6. The van der Waals surface area contributed by atoms with E-state index in [1.807, 2.05) is 0 Å². The fourth-order valence-corrected chi connectivity index (χ4v) is 2.40. The summed E-state index contributed by atoms with van der Waals surface area (Å²) in [6.45, 7) is 0. The predicted octanol–water partition coefficient (Wildman–Crippen LogP) is 0.256. The minimum Gasteiger partial charge on any atom is -0.469 e. The molecule has 0 saturated heterocycles. The van der Waals surface area contributed by atoms with Crippen LogP contribution in [-0.2, 0) is 16.0 Å². The minimum atomic E-state index is -1.15. The zero-order chi connectivity index (χ0) is 18.5. The molecular weight excluding hydrogens is 338 g/mol. The molecule has 0 aliphatic rings. The van der Waals surface area contributed by atoms with Gasteiger partial charge in [0.1, 0.15) is 17.5 Å². The molecule has 0 spiro atoms. The second-order valence-corrected chi connectivity index (χ2v) is 5.38. The Bertz CT molecular complexity index is 918. The van der Waals surface area contributed by atoms with E-state index in [9.17, 15) is 14.4 Å². The lowest BCUT2D eigenvalue weighted by atomic mass is 10.1. The number of primary amides is 1. The van der Waals surface area contributed by atoms with E-state index in [1.165, 1.54) is 23.2 Å². The topological polar surface area (TPSA) is 133 Å². The number of carbonyl (C=O) groups is 3. The molecule has 132 valence electrons. The first-order valence-electron chi connectivity index (χ1n) is 7.67. The number of nitrogens with one attached hydrogen (secondary N) is 1. The molecule has 3 aromatic heterocycles. The van der Waals surface area contributed by atoms with Crippen LogP contribution in [0.3, 0.4) is 0 Å². The van der Waals surface area contributed by atoms with Crippen molar-refractivity contribution in [2.45, 2.75) is 12.5 Å². The summed E-state index contributed by atoms with van der Waals surface area (Å²) in [6, 6.07) is 7.04. The highest BCUT2D eigenvalue weighted by Gasteiger charge is 2.27. The van der Waals surface area contributed by atoms with Gasteiger partial charge < -0.3 is 15.5 Å². The van der Waals surface area contributed by atoms with Crippen LogP contribution in [0.1, 0.15) is 16.2 Å². The first-order valence-corrected chi connectivity index (χ1v) is 7.67. The maximum Gasteiger partial charge on any atom is 0.287 e. The molecule has 9 heteroatoms. The lowest BCUT2D eigenvalue weighted by Gasteiger charge is -2.15. The molecule has 3 heterocycles. The van der Waals surface area contributed by atoms with E-state index in [-0.39, 0.29) is 12.1 Å². The van der Waals surface area contributed by atoms with Crippen LogP contribution in [0.2, 0.25) is 0 Å². The Hall–Kier alpha value is -3.75. The van der Waals surface area contributed by atoms with Crippen molar-refractivity contribution in [3.8, 4) is 5.69 Å². The lowest BCUT2D eigenvalue weighted by molar-refractivity contribution is -0.137. The molecule has 9 nitrogen and oxygen atoms in total. The molecule has 0 bridgehead atoms. The van der Waals surface area contributed by atoms with E-state index in [1.54, 1.807) is 36.7 Å². The molecule has 2 amide bonds. The van der Waals surface area contributed by atoms with Gasteiger partial charge in [0.05, 0.1) is 24.3 Å². The fraction of sp³-hybridized carbons (Fsp3) is 0.118. The van der Waals surface area contributed by atoms with E-state index in [0.717, 1.165) is 0 Å². The quantitative estimate of drug-likeness (QED) is 0.585. The second-order valence-electron chi connectivity index (χ2n) is 5.38. The Morgan fingerprint density at radius 1 is 1.19 bits per heavy atom. The van der Waals surface area contributed by atoms with Gasteiger partial charge in [-0.05, 0) is 30.3 Å². The molecule has 3 N–H and O–H groups in total. The lowest BCUT2D eigenvalue weighted by Crippen LogP contribution is -2.47. The average Bonchev–Trinajstić information content (AvgIpc) is 3.32. The number of hydrogen-bond donors (Lipinski definition) is 2. The molecule has 26 heavy (non-hydrogen) atoms. The summed E-state index contributed by atoms with van der Waals surface area (Å²) in [7, 11) is 0. The first kappa shape index (κ1) is 17.1. The summed E-state index contributed by atoms with van der Waals surface area (Å²) in [5.74, 6) is -2.20. The summed E-state index contributed by atoms with van der Waals surface area (Å²) in [6.07, 6.45) is 6.01. The third-order valence-electron chi connectivity index (χ3n) is 3.62. The molecule has 0 aliphatic carbocycles. The molecule has 0 aliphatic heterocycles. The average molecular weight is 353 g/mol. The Labute approximate surface area is 147 Å². The highest BCUT2D eigenvalue weighted by Crippen LogP contribution is 2.10. The number of amides is 2. The SMILES string of the molecule is NC(=O)C(=O)C(Cc1ccco1)NC(=O)c1ccnn1-c1cccnc1. The van der Waals surface area contributed by atoms with E-state index in [0.29, 0.717) is 11.4 Å². The fourth-order valence-electron chi connectivity index (χ4n) is 2.40.